The van der Waals surface area contributed by atoms with Gasteiger partial charge in [0, 0.05) is 18.2 Å². The number of fused-ring (bicyclic) bond motifs is 1. The van der Waals surface area contributed by atoms with Gasteiger partial charge >= 0.3 is 0 Å². The molecule has 102 valence electrons. The van der Waals surface area contributed by atoms with Crippen molar-refractivity contribution in [2.75, 3.05) is 5.32 Å². The van der Waals surface area contributed by atoms with Crippen LogP contribution in [-0.2, 0) is 6.42 Å². The molecule has 1 aliphatic rings. The van der Waals surface area contributed by atoms with E-state index in [-0.39, 0.29) is 11.2 Å². The molecular formula is C16H17N3O. The van der Waals surface area contributed by atoms with Gasteiger partial charge in [0.15, 0.2) is 5.78 Å². The number of hydrogen-bond acceptors (Lipinski definition) is 4. The summed E-state index contributed by atoms with van der Waals surface area (Å²) in [5, 5.41) is 3.16. The zero-order valence-electron chi connectivity index (χ0n) is 11.7. The van der Waals surface area contributed by atoms with Gasteiger partial charge in [-0.3, -0.25) is 4.79 Å². The van der Waals surface area contributed by atoms with Crippen LogP contribution in [0.1, 0.15) is 36.3 Å². The highest BCUT2D eigenvalue weighted by Gasteiger charge is 2.31. The first-order valence-electron chi connectivity index (χ1n) is 6.75. The Morgan fingerprint density at radius 2 is 1.95 bits per heavy atom. The van der Waals surface area contributed by atoms with Crippen molar-refractivity contribution in [1.82, 2.24) is 9.97 Å². The molecule has 0 bridgehead atoms. The molecule has 4 heteroatoms. The molecular weight excluding hydrogens is 250 g/mol. The fraction of sp³-hybridized carbons (Fsp3) is 0.312. The number of pyridine rings is 2. The Morgan fingerprint density at radius 3 is 2.70 bits per heavy atom. The average molecular weight is 267 g/mol. The van der Waals surface area contributed by atoms with Gasteiger partial charge in [0.2, 0.25) is 0 Å². The lowest BCUT2D eigenvalue weighted by molar-refractivity contribution is 0.0910. The van der Waals surface area contributed by atoms with Crippen molar-refractivity contribution in [1.29, 1.82) is 0 Å². The van der Waals surface area contributed by atoms with Crippen molar-refractivity contribution in [3.63, 3.8) is 0 Å². The number of nitrogens with zero attached hydrogens (tertiary/aromatic N) is 2. The maximum atomic E-state index is 12.1. The first-order valence-corrected chi connectivity index (χ1v) is 6.75. The Morgan fingerprint density at radius 1 is 1.10 bits per heavy atom. The van der Waals surface area contributed by atoms with Crippen molar-refractivity contribution in [2.24, 2.45) is 5.41 Å². The molecule has 0 unspecified atom stereocenters. The largest absolute Gasteiger partial charge is 0.325 e. The second-order valence-electron chi connectivity index (χ2n) is 5.97. The molecule has 0 saturated carbocycles. The third kappa shape index (κ3) is 2.54. The third-order valence-electron chi connectivity index (χ3n) is 3.48. The van der Waals surface area contributed by atoms with Crippen LogP contribution in [0, 0.1) is 5.41 Å². The van der Waals surface area contributed by atoms with E-state index in [1.807, 2.05) is 30.3 Å². The number of rotatable bonds is 2. The number of ketones is 1. The molecule has 0 aromatic carbocycles. The van der Waals surface area contributed by atoms with E-state index in [2.05, 4.69) is 29.1 Å². The standard InChI is InChI=1S/C16H17N3O/c1-16(2)9-12-11(13(20)10-16)6-7-15(18-12)19-14-5-3-4-8-17-14/h3-8H,9-10H2,1-2H3,(H,17,18,19). The fourth-order valence-corrected chi connectivity index (χ4v) is 2.57. The predicted molar refractivity (Wildman–Crippen MR) is 78.2 cm³/mol. The Balaban J connectivity index is 1.91. The van der Waals surface area contributed by atoms with Crippen LogP contribution in [0.2, 0.25) is 0 Å². The highest BCUT2D eigenvalue weighted by molar-refractivity contribution is 5.98. The van der Waals surface area contributed by atoms with Crippen molar-refractivity contribution in [3.8, 4) is 0 Å². The molecule has 0 spiro atoms. The number of carbonyl (C=O) groups excluding carboxylic acids is 1. The van der Waals surface area contributed by atoms with E-state index in [0.29, 0.717) is 6.42 Å². The highest BCUT2D eigenvalue weighted by Crippen LogP contribution is 2.34. The van der Waals surface area contributed by atoms with Crippen LogP contribution >= 0.6 is 0 Å². The second-order valence-corrected chi connectivity index (χ2v) is 5.97. The Hall–Kier alpha value is -2.23. The summed E-state index contributed by atoms with van der Waals surface area (Å²) in [6.45, 7) is 4.21. The third-order valence-corrected chi connectivity index (χ3v) is 3.48. The number of aromatic nitrogens is 2. The van der Waals surface area contributed by atoms with Gasteiger partial charge in [-0.25, -0.2) is 9.97 Å². The predicted octanol–water partition coefficient (Wildman–Crippen LogP) is 3.38. The van der Waals surface area contributed by atoms with Crippen LogP contribution < -0.4 is 5.32 Å². The zero-order valence-corrected chi connectivity index (χ0v) is 11.7. The smallest absolute Gasteiger partial charge is 0.165 e. The summed E-state index contributed by atoms with van der Waals surface area (Å²) in [5.74, 6) is 1.67. The molecule has 2 aromatic heterocycles. The molecule has 1 aliphatic carbocycles. The summed E-state index contributed by atoms with van der Waals surface area (Å²) in [5.41, 5.74) is 1.63. The Labute approximate surface area is 118 Å². The van der Waals surface area contributed by atoms with Crippen LogP contribution in [-0.4, -0.2) is 15.8 Å². The molecule has 0 radical (unpaired) electrons. The fourth-order valence-electron chi connectivity index (χ4n) is 2.57. The monoisotopic (exact) mass is 267 g/mol. The lowest BCUT2D eigenvalue weighted by Crippen LogP contribution is -2.27. The molecule has 0 saturated heterocycles. The first-order chi connectivity index (χ1) is 9.53. The molecule has 1 N–H and O–H groups in total. The van der Waals surface area contributed by atoms with Crippen molar-refractivity contribution >= 4 is 17.4 Å². The lowest BCUT2D eigenvalue weighted by atomic mass is 9.76. The molecule has 0 aliphatic heterocycles. The van der Waals surface area contributed by atoms with E-state index < -0.39 is 0 Å². The van der Waals surface area contributed by atoms with E-state index in [0.717, 1.165) is 29.3 Å². The maximum Gasteiger partial charge on any atom is 0.165 e. The van der Waals surface area contributed by atoms with Gasteiger partial charge in [0.05, 0.1) is 5.69 Å². The maximum absolute atomic E-state index is 12.1. The van der Waals surface area contributed by atoms with Gasteiger partial charge in [0.1, 0.15) is 11.6 Å². The SMILES string of the molecule is CC1(C)CC(=O)c2ccc(Nc3ccccn3)nc2C1. The number of anilines is 2. The highest BCUT2D eigenvalue weighted by atomic mass is 16.1. The minimum absolute atomic E-state index is 0.0132. The summed E-state index contributed by atoms with van der Waals surface area (Å²) in [4.78, 5) is 20.9. The number of Topliss-reactive ketones (excluding diaryl/α,β-unsaturated/α-hetero) is 1. The van der Waals surface area contributed by atoms with Crippen LogP contribution in [0.4, 0.5) is 11.6 Å². The summed E-state index contributed by atoms with van der Waals surface area (Å²) in [7, 11) is 0. The van der Waals surface area contributed by atoms with Crippen LogP contribution in [0.5, 0.6) is 0 Å². The molecule has 2 heterocycles. The van der Waals surface area contributed by atoms with E-state index in [1.165, 1.54) is 0 Å². The molecule has 0 atom stereocenters. The van der Waals surface area contributed by atoms with Gasteiger partial charge in [-0.2, -0.15) is 0 Å². The van der Waals surface area contributed by atoms with Crippen LogP contribution in [0.3, 0.4) is 0 Å². The van der Waals surface area contributed by atoms with Crippen molar-refractivity contribution in [3.05, 3.63) is 47.8 Å². The van der Waals surface area contributed by atoms with Crippen molar-refractivity contribution in [2.45, 2.75) is 26.7 Å². The minimum atomic E-state index is -0.0132. The Bertz CT molecular complexity index is 650. The summed E-state index contributed by atoms with van der Waals surface area (Å²) in [6.07, 6.45) is 3.15. The molecule has 20 heavy (non-hydrogen) atoms. The number of hydrogen-bond donors (Lipinski definition) is 1. The zero-order chi connectivity index (χ0) is 14.2. The average Bonchev–Trinajstić information content (AvgIpc) is 2.38. The normalized spacial score (nSPS) is 16.6. The topological polar surface area (TPSA) is 54.9 Å². The molecule has 2 aromatic rings. The molecule has 3 rings (SSSR count). The second kappa shape index (κ2) is 4.71. The number of nitrogens with one attached hydrogen (secondary N) is 1. The Kier molecular flexibility index (Phi) is 3.01. The molecule has 4 nitrogen and oxygen atoms in total. The van der Waals surface area contributed by atoms with Gasteiger partial charge in [0.25, 0.3) is 0 Å². The number of carbonyl (C=O) groups is 1. The van der Waals surface area contributed by atoms with E-state index in [1.54, 1.807) is 6.20 Å². The quantitative estimate of drug-likeness (QED) is 0.906. The lowest BCUT2D eigenvalue weighted by Gasteiger charge is -2.29. The first kappa shape index (κ1) is 12.8. The molecule has 0 fully saturated rings. The minimum Gasteiger partial charge on any atom is -0.325 e. The van der Waals surface area contributed by atoms with Gasteiger partial charge in [-0.1, -0.05) is 19.9 Å². The summed E-state index contributed by atoms with van der Waals surface area (Å²) in [6, 6.07) is 9.37. The van der Waals surface area contributed by atoms with E-state index >= 15 is 0 Å². The van der Waals surface area contributed by atoms with E-state index in [4.69, 9.17) is 0 Å². The van der Waals surface area contributed by atoms with Crippen molar-refractivity contribution < 1.29 is 4.79 Å². The van der Waals surface area contributed by atoms with Gasteiger partial charge in [-0.15, -0.1) is 0 Å². The van der Waals surface area contributed by atoms with Gasteiger partial charge in [-0.05, 0) is 36.1 Å². The molecule has 0 amide bonds. The van der Waals surface area contributed by atoms with Crippen LogP contribution in [0.25, 0.3) is 0 Å². The van der Waals surface area contributed by atoms with Crippen LogP contribution in [0.15, 0.2) is 36.5 Å². The van der Waals surface area contributed by atoms with Gasteiger partial charge < -0.3 is 5.32 Å². The summed E-state index contributed by atoms with van der Waals surface area (Å²) < 4.78 is 0. The van der Waals surface area contributed by atoms with E-state index in [9.17, 15) is 4.79 Å². The summed E-state index contributed by atoms with van der Waals surface area (Å²) >= 11 is 0.